The van der Waals surface area contributed by atoms with Crippen LogP contribution in [-0.4, -0.2) is 16.6 Å². The van der Waals surface area contributed by atoms with Crippen molar-refractivity contribution in [2.24, 2.45) is 0 Å². The fraction of sp³-hybridized carbons (Fsp3) is 1.00. The lowest BCUT2D eigenvalue weighted by molar-refractivity contribution is -0.129. The Kier molecular flexibility index (Phi) is 7.80. The van der Waals surface area contributed by atoms with E-state index in [-0.39, 0.29) is 0 Å². The zero-order valence-corrected chi connectivity index (χ0v) is 14.1. The molecule has 0 saturated carbocycles. The van der Waals surface area contributed by atoms with Crippen LogP contribution in [0, 0.1) is 0 Å². The fourth-order valence-corrected chi connectivity index (χ4v) is 7.15. The summed E-state index contributed by atoms with van der Waals surface area (Å²) in [6.07, 6.45) is 0. The molecule has 0 aliphatic rings. The van der Waals surface area contributed by atoms with Crippen molar-refractivity contribution in [3.63, 3.8) is 0 Å². The van der Waals surface area contributed by atoms with Crippen LogP contribution in [0.3, 0.4) is 0 Å². The minimum Gasteiger partial charge on any atom is -0.297 e. The molecular weight excluding hydrogens is 232 g/mol. The molecular formula is C12H30O2Si2. The second-order valence-electron chi connectivity index (χ2n) is 4.65. The molecule has 4 heteroatoms. The standard InChI is InChI=1S/C12H30O2Si2/c1-7-15(8-2,9-3)13-14-16(10-4,11-5)12-6/h7-12H2,1-6H3. The quantitative estimate of drug-likeness (QED) is 0.333. The second kappa shape index (κ2) is 7.64. The van der Waals surface area contributed by atoms with Crippen LogP contribution in [0.25, 0.3) is 0 Å². The summed E-state index contributed by atoms with van der Waals surface area (Å²) in [6.45, 7) is 13.5. The van der Waals surface area contributed by atoms with E-state index in [0.29, 0.717) is 0 Å². The third kappa shape index (κ3) is 3.98. The van der Waals surface area contributed by atoms with Crippen molar-refractivity contribution >= 4 is 16.6 Å². The molecule has 0 spiro atoms. The summed E-state index contributed by atoms with van der Waals surface area (Å²) in [6, 6.07) is 7.01. The highest BCUT2D eigenvalue weighted by Crippen LogP contribution is 2.28. The topological polar surface area (TPSA) is 18.5 Å². The predicted octanol–water partition coefficient (Wildman–Crippen LogP) is 4.95. The summed E-state index contributed by atoms with van der Waals surface area (Å²) in [5.41, 5.74) is 0. The van der Waals surface area contributed by atoms with Crippen molar-refractivity contribution < 1.29 is 9.15 Å². The normalized spacial score (nSPS) is 13.1. The van der Waals surface area contributed by atoms with Gasteiger partial charge in [0.05, 0.1) is 0 Å². The molecule has 0 aromatic heterocycles. The summed E-state index contributed by atoms with van der Waals surface area (Å²) >= 11 is 0. The molecule has 0 fully saturated rings. The van der Waals surface area contributed by atoms with Crippen molar-refractivity contribution in [2.45, 2.75) is 77.8 Å². The van der Waals surface area contributed by atoms with Crippen LogP contribution in [-0.2, 0) is 9.15 Å². The monoisotopic (exact) mass is 262 g/mol. The predicted molar refractivity (Wildman–Crippen MR) is 76.6 cm³/mol. The molecule has 0 amide bonds. The summed E-state index contributed by atoms with van der Waals surface area (Å²) in [7, 11) is -3.13. The van der Waals surface area contributed by atoms with E-state index in [1.807, 2.05) is 0 Å². The number of rotatable bonds is 9. The zero-order chi connectivity index (χ0) is 12.7. The van der Waals surface area contributed by atoms with Crippen molar-refractivity contribution in [1.29, 1.82) is 0 Å². The Balaban J connectivity index is 4.48. The largest absolute Gasteiger partial charge is 0.297 e. The maximum absolute atomic E-state index is 6.02. The highest BCUT2D eigenvalue weighted by Gasteiger charge is 2.37. The molecule has 16 heavy (non-hydrogen) atoms. The van der Waals surface area contributed by atoms with Gasteiger partial charge in [-0.1, -0.05) is 41.5 Å². The van der Waals surface area contributed by atoms with E-state index in [1.54, 1.807) is 0 Å². The summed E-state index contributed by atoms with van der Waals surface area (Å²) < 4.78 is 12.0. The van der Waals surface area contributed by atoms with Gasteiger partial charge in [0.2, 0.25) is 16.6 Å². The SMILES string of the molecule is CC[Si](CC)(CC)OO[Si](CC)(CC)CC. The number of hydrogen-bond acceptors (Lipinski definition) is 2. The van der Waals surface area contributed by atoms with Crippen LogP contribution in [0.5, 0.6) is 0 Å². The summed E-state index contributed by atoms with van der Waals surface area (Å²) in [5, 5.41) is 0. The molecule has 0 aliphatic carbocycles. The summed E-state index contributed by atoms with van der Waals surface area (Å²) in [4.78, 5) is 0. The molecule has 0 saturated heterocycles. The highest BCUT2D eigenvalue weighted by atomic mass is 28.4. The van der Waals surface area contributed by atoms with Crippen LogP contribution >= 0.6 is 0 Å². The van der Waals surface area contributed by atoms with Crippen molar-refractivity contribution in [1.82, 2.24) is 0 Å². The Labute approximate surface area is 104 Å². The first-order valence-corrected chi connectivity index (χ1v) is 12.0. The third-order valence-corrected chi connectivity index (χ3v) is 13.0. The maximum Gasteiger partial charge on any atom is 0.236 e. The van der Waals surface area contributed by atoms with Crippen LogP contribution < -0.4 is 0 Å². The Morgan fingerprint density at radius 2 is 0.688 bits per heavy atom. The van der Waals surface area contributed by atoms with E-state index in [2.05, 4.69) is 41.5 Å². The van der Waals surface area contributed by atoms with Crippen molar-refractivity contribution in [3.05, 3.63) is 0 Å². The zero-order valence-electron chi connectivity index (χ0n) is 12.1. The van der Waals surface area contributed by atoms with Gasteiger partial charge in [0, 0.05) is 0 Å². The van der Waals surface area contributed by atoms with Crippen LogP contribution in [0.2, 0.25) is 36.3 Å². The smallest absolute Gasteiger partial charge is 0.236 e. The first-order chi connectivity index (χ1) is 7.57. The van der Waals surface area contributed by atoms with E-state index in [9.17, 15) is 0 Å². The van der Waals surface area contributed by atoms with E-state index in [1.165, 1.54) is 36.3 Å². The van der Waals surface area contributed by atoms with Crippen molar-refractivity contribution in [3.8, 4) is 0 Å². The van der Waals surface area contributed by atoms with Gasteiger partial charge >= 0.3 is 0 Å². The van der Waals surface area contributed by atoms with Gasteiger partial charge in [-0.25, -0.2) is 0 Å². The first kappa shape index (κ1) is 16.4. The molecule has 0 heterocycles. The lowest BCUT2D eigenvalue weighted by Crippen LogP contribution is -2.44. The molecule has 0 aromatic rings. The third-order valence-electron chi connectivity index (χ3n) is 4.26. The molecule has 2 nitrogen and oxygen atoms in total. The average Bonchev–Trinajstić information content (AvgIpc) is 2.37. The Hall–Kier alpha value is 0.354. The highest BCUT2D eigenvalue weighted by molar-refractivity contribution is 6.76. The van der Waals surface area contributed by atoms with Gasteiger partial charge in [-0.05, 0) is 36.3 Å². The lowest BCUT2D eigenvalue weighted by atomic mass is 10.9. The van der Waals surface area contributed by atoms with E-state index < -0.39 is 16.6 Å². The van der Waals surface area contributed by atoms with Crippen LogP contribution in [0.15, 0.2) is 0 Å². The Morgan fingerprint density at radius 1 is 0.500 bits per heavy atom. The van der Waals surface area contributed by atoms with Gasteiger partial charge in [-0.3, -0.25) is 9.15 Å². The van der Waals surface area contributed by atoms with Gasteiger partial charge < -0.3 is 0 Å². The molecule has 0 rings (SSSR count). The van der Waals surface area contributed by atoms with Crippen molar-refractivity contribution in [2.75, 3.05) is 0 Å². The van der Waals surface area contributed by atoms with E-state index in [0.717, 1.165) is 0 Å². The number of hydrogen-bond donors (Lipinski definition) is 0. The van der Waals surface area contributed by atoms with E-state index in [4.69, 9.17) is 9.15 Å². The molecule has 0 aromatic carbocycles. The van der Waals surface area contributed by atoms with Gasteiger partial charge in [-0.2, -0.15) is 0 Å². The minimum absolute atomic E-state index is 1.17. The molecule has 0 bridgehead atoms. The van der Waals surface area contributed by atoms with Crippen LogP contribution in [0.1, 0.15) is 41.5 Å². The average molecular weight is 263 g/mol. The maximum atomic E-state index is 6.02. The lowest BCUT2D eigenvalue weighted by Gasteiger charge is -2.34. The molecule has 98 valence electrons. The van der Waals surface area contributed by atoms with Crippen LogP contribution in [0.4, 0.5) is 0 Å². The van der Waals surface area contributed by atoms with Gasteiger partial charge in [0.1, 0.15) is 0 Å². The van der Waals surface area contributed by atoms with Gasteiger partial charge in [-0.15, -0.1) is 0 Å². The fourth-order valence-electron chi connectivity index (χ4n) is 2.03. The van der Waals surface area contributed by atoms with Gasteiger partial charge in [0.15, 0.2) is 0 Å². The second-order valence-corrected chi connectivity index (χ2v) is 14.0. The minimum atomic E-state index is -1.56. The van der Waals surface area contributed by atoms with E-state index >= 15 is 0 Å². The Bertz CT molecular complexity index is 141. The van der Waals surface area contributed by atoms with Gasteiger partial charge in [0.25, 0.3) is 0 Å². The molecule has 0 atom stereocenters. The molecule has 0 unspecified atom stereocenters. The Morgan fingerprint density at radius 3 is 0.812 bits per heavy atom. The summed E-state index contributed by atoms with van der Waals surface area (Å²) in [5.74, 6) is 0. The molecule has 0 radical (unpaired) electrons. The molecule has 0 N–H and O–H groups in total. The molecule has 0 aliphatic heterocycles. The first-order valence-electron chi connectivity index (χ1n) is 6.94.